The van der Waals surface area contributed by atoms with Crippen LogP contribution in [0.4, 0.5) is 0 Å². The van der Waals surface area contributed by atoms with Crippen molar-refractivity contribution in [3.05, 3.63) is 35.9 Å². The van der Waals surface area contributed by atoms with Crippen molar-refractivity contribution in [2.75, 3.05) is 6.61 Å². The Kier molecular flexibility index (Phi) is 10.2. The lowest BCUT2D eigenvalue weighted by atomic mass is 10.2. The Balaban J connectivity index is 0.000000711. The summed E-state index contributed by atoms with van der Waals surface area (Å²) in [5.74, 6) is -1.86. The SMILES string of the molecule is CCCC.O=C(O)CC(=O)OCCc1ccccc1. The topological polar surface area (TPSA) is 63.6 Å². The van der Waals surface area contributed by atoms with E-state index in [1.54, 1.807) is 0 Å². The van der Waals surface area contributed by atoms with E-state index < -0.39 is 18.4 Å². The van der Waals surface area contributed by atoms with E-state index in [2.05, 4.69) is 13.8 Å². The van der Waals surface area contributed by atoms with Crippen molar-refractivity contribution in [3.63, 3.8) is 0 Å². The molecule has 4 heteroatoms. The predicted octanol–water partition coefficient (Wildman–Crippen LogP) is 3.05. The average molecular weight is 266 g/mol. The molecule has 1 rings (SSSR count). The number of unbranched alkanes of at least 4 members (excludes halogenated alkanes) is 1. The Morgan fingerprint density at radius 2 is 1.68 bits per heavy atom. The second-order valence-corrected chi connectivity index (χ2v) is 4.03. The molecule has 0 saturated heterocycles. The molecule has 0 amide bonds. The number of carbonyl (C=O) groups excluding carboxylic acids is 1. The van der Waals surface area contributed by atoms with Gasteiger partial charge < -0.3 is 9.84 Å². The summed E-state index contributed by atoms with van der Waals surface area (Å²) < 4.78 is 4.74. The number of esters is 1. The van der Waals surface area contributed by atoms with Gasteiger partial charge in [0.2, 0.25) is 0 Å². The normalized spacial score (nSPS) is 9.16. The minimum atomic E-state index is -1.17. The van der Waals surface area contributed by atoms with Crippen molar-refractivity contribution in [1.29, 1.82) is 0 Å². The van der Waals surface area contributed by atoms with Crippen molar-refractivity contribution in [2.24, 2.45) is 0 Å². The fraction of sp³-hybridized carbons (Fsp3) is 0.467. The monoisotopic (exact) mass is 266 g/mol. The second kappa shape index (κ2) is 11.3. The van der Waals surface area contributed by atoms with Gasteiger partial charge in [-0.2, -0.15) is 0 Å². The highest BCUT2D eigenvalue weighted by Crippen LogP contribution is 2.00. The number of carboxylic acids is 1. The van der Waals surface area contributed by atoms with Gasteiger partial charge in [-0.1, -0.05) is 57.0 Å². The van der Waals surface area contributed by atoms with Crippen LogP contribution in [0.1, 0.15) is 38.7 Å². The van der Waals surface area contributed by atoms with Crippen LogP contribution in [0.3, 0.4) is 0 Å². The molecule has 0 unspecified atom stereocenters. The fourth-order valence-electron chi connectivity index (χ4n) is 1.10. The first-order chi connectivity index (χ1) is 9.10. The molecule has 4 nitrogen and oxygen atoms in total. The fourth-order valence-corrected chi connectivity index (χ4v) is 1.10. The number of carbonyl (C=O) groups is 2. The molecule has 0 aliphatic heterocycles. The Hall–Kier alpha value is -1.84. The Bertz CT molecular complexity index is 358. The van der Waals surface area contributed by atoms with Gasteiger partial charge in [0.05, 0.1) is 6.61 Å². The maximum Gasteiger partial charge on any atom is 0.317 e. The number of aliphatic carboxylic acids is 1. The van der Waals surface area contributed by atoms with Crippen molar-refractivity contribution in [1.82, 2.24) is 0 Å². The lowest BCUT2D eigenvalue weighted by molar-refractivity contribution is -0.151. The van der Waals surface area contributed by atoms with Gasteiger partial charge in [0.1, 0.15) is 6.42 Å². The molecule has 0 radical (unpaired) electrons. The molecule has 0 aliphatic carbocycles. The largest absolute Gasteiger partial charge is 0.481 e. The van der Waals surface area contributed by atoms with Crippen LogP contribution in [-0.2, 0) is 20.7 Å². The van der Waals surface area contributed by atoms with Gasteiger partial charge in [-0.05, 0) is 5.56 Å². The molecule has 0 atom stereocenters. The zero-order valence-corrected chi connectivity index (χ0v) is 11.6. The van der Waals surface area contributed by atoms with Crippen LogP contribution in [0.5, 0.6) is 0 Å². The third kappa shape index (κ3) is 11.0. The summed E-state index contributed by atoms with van der Waals surface area (Å²) in [6, 6.07) is 9.54. The summed E-state index contributed by atoms with van der Waals surface area (Å²) >= 11 is 0. The van der Waals surface area contributed by atoms with Crippen LogP contribution in [-0.4, -0.2) is 23.7 Å². The van der Waals surface area contributed by atoms with Crippen molar-refractivity contribution >= 4 is 11.9 Å². The van der Waals surface area contributed by atoms with Gasteiger partial charge in [0.15, 0.2) is 0 Å². The molecular weight excluding hydrogens is 244 g/mol. The second-order valence-electron chi connectivity index (χ2n) is 4.03. The minimum absolute atomic E-state index is 0.218. The first kappa shape index (κ1) is 17.2. The van der Waals surface area contributed by atoms with Crippen molar-refractivity contribution < 1.29 is 19.4 Å². The molecule has 106 valence electrons. The van der Waals surface area contributed by atoms with Crippen LogP contribution in [0.25, 0.3) is 0 Å². The lowest BCUT2D eigenvalue weighted by Gasteiger charge is -2.02. The highest BCUT2D eigenvalue weighted by molar-refractivity contribution is 5.90. The molecule has 1 N–H and O–H groups in total. The molecule has 0 spiro atoms. The molecular formula is C15H22O4. The van der Waals surface area contributed by atoms with Crippen LogP contribution in [0, 0.1) is 0 Å². The number of carboxylic acid groups (broad SMARTS) is 1. The molecule has 19 heavy (non-hydrogen) atoms. The van der Waals surface area contributed by atoms with Crippen LogP contribution in [0.15, 0.2) is 30.3 Å². The van der Waals surface area contributed by atoms with E-state index in [1.165, 1.54) is 12.8 Å². The number of rotatable bonds is 6. The molecule has 0 bridgehead atoms. The van der Waals surface area contributed by atoms with Gasteiger partial charge in [0, 0.05) is 6.42 Å². The summed E-state index contributed by atoms with van der Waals surface area (Å²) in [7, 11) is 0. The van der Waals surface area contributed by atoms with Crippen LogP contribution in [0.2, 0.25) is 0 Å². The van der Waals surface area contributed by atoms with Gasteiger partial charge in [-0.25, -0.2) is 0 Å². The predicted molar refractivity (Wildman–Crippen MR) is 73.9 cm³/mol. The first-order valence-electron chi connectivity index (χ1n) is 6.51. The molecule has 0 aliphatic rings. The molecule has 0 saturated carbocycles. The first-order valence-corrected chi connectivity index (χ1v) is 6.51. The quantitative estimate of drug-likeness (QED) is 0.635. The molecule has 1 aromatic rings. The third-order valence-corrected chi connectivity index (χ3v) is 2.29. The average Bonchev–Trinajstić information content (AvgIpc) is 2.39. The summed E-state index contributed by atoms with van der Waals surface area (Å²) in [6.45, 7) is 4.58. The molecule has 0 heterocycles. The van der Waals surface area contributed by atoms with E-state index in [4.69, 9.17) is 9.84 Å². The van der Waals surface area contributed by atoms with Crippen molar-refractivity contribution in [2.45, 2.75) is 39.5 Å². The summed E-state index contributed by atoms with van der Waals surface area (Å²) in [4.78, 5) is 21.0. The summed E-state index contributed by atoms with van der Waals surface area (Å²) in [6.07, 6.45) is 2.67. The molecule has 0 aromatic heterocycles. The zero-order chi connectivity index (χ0) is 14.5. The zero-order valence-electron chi connectivity index (χ0n) is 11.6. The van der Waals surface area contributed by atoms with Gasteiger partial charge in [-0.15, -0.1) is 0 Å². The number of ether oxygens (including phenoxy) is 1. The Labute approximate surface area is 114 Å². The minimum Gasteiger partial charge on any atom is -0.481 e. The van der Waals surface area contributed by atoms with E-state index in [0.717, 1.165) is 5.56 Å². The maximum absolute atomic E-state index is 10.8. The smallest absolute Gasteiger partial charge is 0.317 e. The molecule has 1 aromatic carbocycles. The number of benzene rings is 1. The van der Waals surface area contributed by atoms with E-state index in [1.807, 2.05) is 30.3 Å². The van der Waals surface area contributed by atoms with Gasteiger partial charge in [0.25, 0.3) is 0 Å². The lowest BCUT2D eigenvalue weighted by Crippen LogP contribution is -2.12. The number of hydrogen-bond acceptors (Lipinski definition) is 3. The third-order valence-electron chi connectivity index (χ3n) is 2.29. The maximum atomic E-state index is 10.8. The number of hydrogen-bond donors (Lipinski definition) is 1. The highest BCUT2D eigenvalue weighted by atomic mass is 16.5. The van der Waals surface area contributed by atoms with Gasteiger partial charge in [-0.3, -0.25) is 9.59 Å². The van der Waals surface area contributed by atoms with Crippen LogP contribution < -0.4 is 0 Å². The van der Waals surface area contributed by atoms with E-state index >= 15 is 0 Å². The molecule has 0 fully saturated rings. The standard InChI is InChI=1S/C11H12O4.C4H10/c12-10(13)8-11(14)15-7-6-9-4-2-1-3-5-9;1-3-4-2/h1-5H,6-8H2,(H,12,13);3-4H2,1-2H3. The van der Waals surface area contributed by atoms with E-state index in [-0.39, 0.29) is 6.61 Å². The Morgan fingerprint density at radius 3 is 2.16 bits per heavy atom. The summed E-state index contributed by atoms with van der Waals surface area (Å²) in [5, 5.41) is 8.30. The van der Waals surface area contributed by atoms with Crippen molar-refractivity contribution in [3.8, 4) is 0 Å². The van der Waals surface area contributed by atoms with E-state index in [0.29, 0.717) is 6.42 Å². The van der Waals surface area contributed by atoms with Crippen LogP contribution >= 0.6 is 0 Å². The van der Waals surface area contributed by atoms with Gasteiger partial charge >= 0.3 is 11.9 Å². The summed E-state index contributed by atoms with van der Waals surface area (Å²) in [5.41, 5.74) is 1.06. The Morgan fingerprint density at radius 1 is 1.11 bits per heavy atom. The highest BCUT2D eigenvalue weighted by Gasteiger charge is 2.07. The van der Waals surface area contributed by atoms with E-state index in [9.17, 15) is 9.59 Å².